The van der Waals surface area contributed by atoms with Crippen LogP contribution in [0.25, 0.3) is 0 Å². The highest BCUT2D eigenvalue weighted by molar-refractivity contribution is 6.67. The van der Waals surface area contributed by atoms with Crippen LogP contribution in [0.15, 0.2) is 23.3 Å². The van der Waals surface area contributed by atoms with Gasteiger partial charge in [-0.1, -0.05) is 11.6 Å². The maximum atomic E-state index is 12.1. The lowest BCUT2D eigenvalue weighted by atomic mass is 10.3. The second kappa shape index (κ2) is 4.52. The molecule has 2 nitrogen and oxygen atoms in total. The molecule has 0 atom stereocenters. The third-order valence-electron chi connectivity index (χ3n) is 1.50. The predicted octanol–water partition coefficient (Wildman–Crippen LogP) is 3.93. The fourth-order valence-corrected chi connectivity index (χ4v) is 0.894. The standard InChI is InChI=1S/C8H3ClF6N2/c9-6(8(13,14)15)17-4-1-2-5(16-3-4)7(10,11)12/h1-3H. The van der Waals surface area contributed by atoms with E-state index in [-0.39, 0.29) is 0 Å². The molecular formula is C8H3ClF6N2. The van der Waals surface area contributed by atoms with Gasteiger partial charge < -0.3 is 0 Å². The average Bonchev–Trinajstić information content (AvgIpc) is 2.15. The summed E-state index contributed by atoms with van der Waals surface area (Å²) in [6, 6.07) is 1.25. The molecule has 9 heteroatoms. The maximum Gasteiger partial charge on any atom is 0.444 e. The summed E-state index contributed by atoms with van der Waals surface area (Å²) in [6.07, 6.45) is -8.95. The van der Waals surface area contributed by atoms with Crippen molar-refractivity contribution in [2.45, 2.75) is 12.4 Å². The van der Waals surface area contributed by atoms with Gasteiger partial charge >= 0.3 is 12.4 Å². The largest absolute Gasteiger partial charge is 0.444 e. The number of alkyl halides is 6. The van der Waals surface area contributed by atoms with Gasteiger partial charge in [-0.05, 0) is 12.1 Å². The lowest BCUT2D eigenvalue weighted by Gasteiger charge is -2.05. The zero-order valence-electron chi connectivity index (χ0n) is 7.77. The molecule has 1 aromatic rings. The molecule has 1 aromatic heterocycles. The Kier molecular flexibility index (Phi) is 3.65. The van der Waals surface area contributed by atoms with Gasteiger partial charge in [0, 0.05) is 0 Å². The van der Waals surface area contributed by atoms with Crippen molar-refractivity contribution >= 4 is 22.5 Å². The summed E-state index contributed by atoms with van der Waals surface area (Å²) in [5.74, 6) is 0. The Morgan fingerprint density at radius 2 is 1.71 bits per heavy atom. The van der Waals surface area contributed by atoms with E-state index >= 15 is 0 Å². The van der Waals surface area contributed by atoms with Crippen LogP contribution in [-0.4, -0.2) is 16.3 Å². The first kappa shape index (κ1) is 13.8. The van der Waals surface area contributed by atoms with Crippen LogP contribution in [0.5, 0.6) is 0 Å². The normalized spacial score (nSPS) is 13.9. The third kappa shape index (κ3) is 3.88. The second-order valence-electron chi connectivity index (χ2n) is 2.80. The predicted molar refractivity (Wildman–Crippen MR) is 48.2 cm³/mol. The zero-order valence-corrected chi connectivity index (χ0v) is 8.53. The van der Waals surface area contributed by atoms with E-state index in [1.54, 1.807) is 0 Å². The van der Waals surface area contributed by atoms with E-state index in [1.807, 2.05) is 0 Å². The summed E-state index contributed by atoms with van der Waals surface area (Å²) in [7, 11) is 0. The molecule has 0 aliphatic rings. The van der Waals surface area contributed by atoms with Crippen LogP contribution < -0.4 is 0 Å². The smallest absolute Gasteiger partial charge is 0.250 e. The van der Waals surface area contributed by atoms with Crippen molar-refractivity contribution < 1.29 is 26.3 Å². The van der Waals surface area contributed by atoms with Gasteiger partial charge in [0.25, 0.3) is 0 Å². The molecule has 0 fully saturated rings. The lowest BCUT2D eigenvalue weighted by Crippen LogP contribution is -2.16. The van der Waals surface area contributed by atoms with E-state index in [9.17, 15) is 26.3 Å². The first-order valence-corrected chi connectivity index (χ1v) is 4.33. The van der Waals surface area contributed by atoms with Crippen molar-refractivity contribution in [3.05, 3.63) is 24.0 Å². The first-order chi connectivity index (χ1) is 7.60. The van der Waals surface area contributed by atoms with Crippen LogP contribution in [0.1, 0.15) is 5.69 Å². The summed E-state index contributed by atoms with van der Waals surface area (Å²) >= 11 is 4.80. The molecule has 1 rings (SSSR count). The number of pyridine rings is 1. The van der Waals surface area contributed by atoms with Crippen molar-refractivity contribution in [2.24, 2.45) is 4.99 Å². The van der Waals surface area contributed by atoms with Crippen molar-refractivity contribution in [3.8, 4) is 0 Å². The third-order valence-corrected chi connectivity index (χ3v) is 1.80. The number of aliphatic imine (C=N–C) groups is 1. The molecule has 0 saturated heterocycles. The molecule has 17 heavy (non-hydrogen) atoms. The Bertz CT molecular complexity index is 419. The molecular weight excluding hydrogens is 274 g/mol. The van der Waals surface area contributed by atoms with E-state index in [2.05, 4.69) is 9.98 Å². The number of hydrogen-bond acceptors (Lipinski definition) is 2. The van der Waals surface area contributed by atoms with Crippen molar-refractivity contribution in [1.29, 1.82) is 0 Å². The van der Waals surface area contributed by atoms with Gasteiger partial charge in [0.2, 0.25) is 5.17 Å². The summed E-state index contributed by atoms with van der Waals surface area (Å²) in [4.78, 5) is 5.81. The minimum Gasteiger partial charge on any atom is -0.250 e. The minimum absolute atomic E-state index is 0.416. The van der Waals surface area contributed by atoms with Crippen LogP contribution in [0.4, 0.5) is 32.0 Å². The van der Waals surface area contributed by atoms with Gasteiger partial charge in [-0.15, -0.1) is 0 Å². The van der Waals surface area contributed by atoms with E-state index in [0.29, 0.717) is 12.3 Å². The Morgan fingerprint density at radius 3 is 2.06 bits per heavy atom. The molecule has 1 heterocycles. The van der Waals surface area contributed by atoms with Crippen LogP contribution in [-0.2, 0) is 6.18 Å². The van der Waals surface area contributed by atoms with Gasteiger partial charge in [0.1, 0.15) is 5.69 Å². The highest BCUT2D eigenvalue weighted by Crippen LogP contribution is 2.29. The van der Waals surface area contributed by atoms with Gasteiger partial charge in [0.15, 0.2) is 0 Å². The Hall–Kier alpha value is -1.31. The Labute approximate surface area is 95.9 Å². The highest BCUT2D eigenvalue weighted by atomic mass is 35.5. The van der Waals surface area contributed by atoms with Gasteiger partial charge in [-0.2, -0.15) is 26.3 Å². The topological polar surface area (TPSA) is 25.2 Å². The quantitative estimate of drug-likeness (QED) is 0.563. The molecule has 0 aromatic carbocycles. The SMILES string of the molecule is FC(F)(F)C(Cl)=Nc1ccc(C(F)(F)F)nc1. The molecule has 0 spiro atoms. The number of nitrogens with zero attached hydrogens (tertiary/aromatic N) is 2. The van der Waals surface area contributed by atoms with E-state index in [1.165, 1.54) is 0 Å². The van der Waals surface area contributed by atoms with E-state index in [0.717, 1.165) is 6.07 Å². The molecule has 0 amide bonds. The van der Waals surface area contributed by atoms with Crippen molar-refractivity contribution in [2.75, 3.05) is 0 Å². The number of rotatable bonds is 1. The second-order valence-corrected chi connectivity index (χ2v) is 3.16. The van der Waals surface area contributed by atoms with Crippen LogP contribution in [0, 0.1) is 0 Å². The van der Waals surface area contributed by atoms with Crippen LogP contribution >= 0.6 is 11.6 Å². The molecule has 94 valence electrons. The Balaban J connectivity index is 2.97. The van der Waals surface area contributed by atoms with Crippen LogP contribution in [0.2, 0.25) is 0 Å². The van der Waals surface area contributed by atoms with Gasteiger partial charge in [-0.25, -0.2) is 9.98 Å². The minimum atomic E-state index is -4.84. The molecule has 0 bridgehead atoms. The van der Waals surface area contributed by atoms with E-state index in [4.69, 9.17) is 11.6 Å². The lowest BCUT2D eigenvalue weighted by molar-refractivity contribution is -0.141. The number of halogens is 7. The van der Waals surface area contributed by atoms with Gasteiger partial charge in [-0.3, -0.25) is 0 Å². The molecule has 0 aliphatic carbocycles. The fourth-order valence-electron chi connectivity index (χ4n) is 0.797. The molecule has 0 radical (unpaired) electrons. The van der Waals surface area contributed by atoms with E-state index < -0.39 is 28.9 Å². The van der Waals surface area contributed by atoms with Crippen LogP contribution in [0.3, 0.4) is 0 Å². The summed E-state index contributed by atoms with van der Waals surface area (Å²) in [5.41, 5.74) is -1.64. The molecule has 0 N–H and O–H groups in total. The maximum absolute atomic E-state index is 12.1. The monoisotopic (exact) mass is 276 g/mol. The zero-order chi connectivity index (χ0) is 13.3. The molecule has 0 saturated carbocycles. The average molecular weight is 277 g/mol. The fraction of sp³-hybridized carbons (Fsp3) is 0.250. The molecule has 0 unspecified atom stereocenters. The summed E-state index contributed by atoms with van der Waals surface area (Å²) < 4.78 is 72.0. The summed E-state index contributed by atoms with van der Waals surface area (Å²) in [5, 5.41) is -1.68. The summed E-state index contributed by atoms with van der Waals surface area (Å²) in [6.45, 7) is 0. The highest BCUT2D eigenvalue weighted by Gasteiger charge is 2.35. The first-order valence-electron chi connectivity index (χ1n) is 3.95. The van der Waals surface area contributed by atoms with Gasteiger partial charge in [0.05, 0.1) is 11.9 Å². The Morgan fingerprint density at radius 1 is 1.12 bits per heavy atom. The van der Waals surface area contributed by atoms with Crippen molar-refractivity contribution in [1.82, 2.24) is 4.98 Å². The number of hydrogen-bond donors (Lipinski definition) is 0. The van der Waals surface area contributed by atoms with Crippen molar-refractivity contribution in [3.63, 3.8) is 0 Å². The molecule has 0 aliphatic heterocycles. The number of aromatic nitrogens is 1.